The molecule has 3 aromatic rings. The van der Waals surface area contributed by atoms with Crippen LogP contribution in [0.15, 0.2) is 71.6 Å². The molecule has 0 bridgehead atoms. The van der Waals surface area contributed by atoms with Gasteiger partial charge in [0.2, 0.25) is 0 Å². The Hall–Kier alpha value is -3.22. The third kappa shape index (κ3) is 5.89. The number of hydrogen-bond donors (Lipinski definition) is 1. The molecule has 1 atom stereocenters. The van der Waals surface area contributed by atoms with Crippen molar-refractivity contribution < 1.29 is 19.1 Å². The molecule has 1 aromatic heterocycles. The van der Waals surface area contributed by atoms with Crippen LogP contribution < -0.4 is 5.32 Å². The normalized spacial score (nSPS) is 15.4. The van der Waals surface area contributed by atoms with E-state index in [1.165, 1.54) is 7.11 Å². The number of ether oxygens (including phenoxy) is 2. The number of carbonyl (C=O) groups is 2. The molecule has 35 heavy (non-hydrogen) atoms. The highest BCUT2D eigenvalue weighted by atomic mass is 35.5. The molecule has 1 amide bonds. The van der Waals surface area contributed by atoms with Crippen molar-refractivity contribution in [2.24, 2.45) is 5.92 Å². The van der Waals surface area contributed by atoms with E-state index in [1.807, 2.05) is 35.0 Å². The molecule has 8 heteroatoms. The van der Waals surface area contributed by atoms with Crippen LogP contribution in [0.3, 0.4) is 0 Å². The number of aromatic nitrogens is 1. The van der Waals surface area contributed by atoms with Gasteiger partial charge in [-0.15, -0.1) is 0 Å². The van der Waals surface area contributed by atoms with Gasteiger partial charge >= 0.3 is 5.97 Å². The van der Waals surface area contributed by atoms with Gasteiger partial charge in [-0.2, -0.15) is 0 Å². The van der Waals surface area contributed by atoms with E-state index in [1.54, 1.807) is 30.3 Å². The fourth-order valence-corrected chi connectivity index (χ4v) is 4.60. The van der Waals surface area contributed by atoms with Crippen LogP contribution in [-0.4, -0.2) is 30.2 Å². The van der Waals surface area contributed by atoms with Crippen molar-refractivity contribution in [3.63, 3.8) is 0 Å². The summed E-state index contributed by atoms with van der Waals surface area (Å²) in [6.07, 6.45) is 6.49. The molecule has 0 fully saturated rings. The number of rotatable bonds is 8. The minimum absolute atomic E-state index is 0.232. The molecule has 1 heterocycles. The fraction of sp³-hybridized carbons (Fsp3) is 0.259. The molecule has 2 aromatic carbocycles. The van der Waals surface area contributed by atoms with Crippen LogP contribution >= 0.6 is 23.2 Å². The Labute approximate surface area is 214 Å². The predicted molar refractivity (Wildman–Crippen MR) is 138 cm³/mol. The maximum Gasteiger partial charge on any atom is 0.337 e. The van der Waals surface area contributed by atoms with Gasteiger partial charge in [0.15, 0.2) is 0 Å². The summed E-state index contributed by atoms with van der Waals surface area (Å²) in [5.74, 6) is 0.501. The van der Waals surface area contributed by atoms with Crippen molar-refractivity contribution in [3.05, 3.63) is 93.3 Å². The first kappa shape index (κ1) is 24.9. The van der Waals surface area contributed by atoms with Crippen molar-refractivity contribution >= 4 is 46.0 Å². The first-order chi connectivity index (χ1) is 16.9. The average molecular weight is 513 g/mol. The van der Waals surface area contributed by atoms with Crippen LogP contribution in [0.5, 0.6) is 0 Å². The molecule has 0 spiro atoms. The van der Waals surface area contributed by atoms with E-state index in [4.69, 9.17) is 32.7 Å². The number of fused-ring (bicyclic) bond motifs is 1. The molecular formula is C27H26Cl2N2O4. The van der Waals surface area contributed by atoms with Gasteiger partial charge in [-0.25, -0.2) is 4.79 Å². The highest BCUT2D eigenvalue weighted by molar-refractivity contribution is 6.32. The molecule has 1 aliphatic rings. The van der Waals surface area contributed by atoms with Crippen LogP contribution in [-0.2, 0) is 22.6 Å². The molecule has 1 unspecified atom stereocenters. The summed E-state index contributed by atoms with van der Waals surface area (Å²) >= 11 is 12.4. The van der Waals surface area contributed by atoms with Gasteiger partial charge in [0.25, 0.3) is 5.91 Å². The number of hydrogen-bond acceptors (Lipinski definition) is 4. The summed E-state index contributed by atoms with van der Waals surface area (Å²) < 4.78 is 12.7. The van der Waals surface area contributed by atoms with Crippen LogP contribution in [0.4, 0.5) is 0 Å². The Morgan fingerprint density at radius 3 is 2.60 bits per heavy atom. The first-order valence-corrected chi connectivity index (χ1v) is 12.0. The highest BCUT2D eigenvalue weighted by Crippen LogP contribution is 2.28. The Morgan fingerprint density at radius 1 is 1.11 bits per heavy atom. The standard InChI is InChI=1S/C27H26Cl2N2O4/c1-17-13-21(28)7-8-24(17)35-12-11-31-10-9-20-14-22(29)15-23(25(20)31)26(32)30-16-18-3-5-19(6-4-18)27(33)34-2/h3-10,14-15,17H,11-13,16H2,1-2H3,(H,30,32). The van der Waals surface area contributed by atoms with Crippen molar-refractivity contribution in [2.45, 2.75) is 26.4 Å². The number of nitrogens with zero attached hydrogens (tertiary/aromatic N) is 1. The van der Waals surface area contributed by atoms with E-state index in [-0.39, 0.29) is 11.8 Å². The van der Waals surface area contributed by atoms with Crippen molar-refractivity contribution in [3.8, 4) is 0 Å². The molecule has 0 saturated heterocycles. The lowest BCUT2D eigenvalue weighted by Crippen LogP contribution is -2.24. The molecule has 0 radical (unpaired) electrons. The van der Waals surface area contributed by atoms with Gasteiger partial charge in [-0.1, -0.05) is 42.3 Å². The number of amides is 1. The average Bonchev–Trinajstić information content (AvgIpc) is 3.25. The van der Waals surface area contributed by atoms with E-state index in [2.05, 4.69) is 12.2 Å². The zero-order valence-electron chi connectivity index (χ0n) is 19.5. The fourth-order valence-electron chi connectivity index (χ4n) is 4.08. The molecule has 4 rings (SSSR count). The largest absolute Gasteiger partial charge is 0.496 e. The van der Waals surface area contributed by atoms with Crippen LogP contribution in [0.25, 0.3) is 10.9 Å². The molecule has 1 aliphatic carbocycles. The molecule has 182 valence electrons. The van der Waals surface area contributed by atoms with E-state index in [0.29, 0.717) is 35.8 Å². The summed E-state index contributed by atoms with van der Waals surface area (Å²) in [5.41, 5.74) is 2.60. The van der Waals surface area contributed by atoms with Gasteiger partial charge in [-0.3, -0.25) is 4.79 Å². The summed E-state index contributed by atoms with van der Waals surface area (Å²) in [7, 11) is 1.34. The number of carbonyl (C=O) groups excluding carboxylic acids is 2. The summed E-state index contributed by atoms with van der Waals surface area (Å²) in [5, 5.41) is 5.14. The Kier molecular flexibility index (Phi) is 7.83. The number of halogens is 2. The third-order valence-corrected chi connectivity index (χ3v) is 6.41. The summed E-state index contributed by atoms with van der Waals surface area (Å²) in [4.78, 5) is 24.7. The van der Waals surface area contributed by atoms with Crippen LogP contribution in [0.1, 0.15) is 39.6 Å². The van der Waals surface area contributed by atoms with Crippen molar-refractivity contribution in [2.75, 3.05) is 13.7 Å². The van der Waals surface area contributed by atoms with Gasteiger partial charge in [0.1, 0.15) is 6.61 Å². The maximum absolute atomic E-state index is 13.1. The number of methoxy groups -OCH3 is 1. The van der Waals surface area contributed by atoms with Crippen molar-refractivity contribution in [1.29, 1.82) is 0 Å². The Bertz CT molecular complexity index is 1310. The lowest BCUT2D eigenvalue weighted by atomic mass is 10.0. The van der Waals surface area contributed by atoms with Gasteiger partial charge < -0.3 is 19.4 Å². The maximum atomic E-state index is 13.1. The number of allylic oxidation sites excluding steroid dienone is 4. The molecule has 1 N–H and O–H groups in total. The SMILES string of the molecule is COC(=O)c1ccc(CNC(=O)c2cc(Cl)cc3ccn(CCOC4=CC=C(Cl)CC4C)c23)cc1. The second-order valence-electron chi connectivity index (χ2n) is 8.41. The molecule has 0 aliphatic heterocycles. The number of nitrogens with one attached hydrogen (secondary N) is 1. The summed E-state index contributed by atoms with van der Waals surface area (Å²) in [6.45, 7) is 3.42. The lowest BCUT2D eigenvalue weighted by Gasteiger charge is -2.20. The quantitative estimate of drug-likeness (QED) is 0.371. The van der Waals surface area contributed by atoms with Gasteiger partial charge in [0.05, 0.1) is 36.1 Å². The predicted octanol–water partition coefficient (Wildman–Crippen LogP) is 6.07. The zero-order valence-corrected chi connectivity index (χ0v) is 21.0. The highest BCUT2D eigenvalue weighted by Gasteiger charge is 2.17. The third-order valence-electron chi connectivity index (χ3n) is 5.91. The van der Waals surface area contributed by atoms with Crippen LogP contribution in [0.2, 0.25) is 5.02 Å². The molecular weight excluding hydrogens is 487 g/mol. The smallest absolute Gasteiger partial charge is 0.337 e. The van der Waals surface area contributed by atoms with E-state index >= 15 is 0 Å². The van der Waals surface area contributed by atoms with Crippen LogP contribution in [0, 0.1) is 5.92 Å². The van der Waals surface area contributed by atoms with E-state index in [9.17, 15) is 9.59 Å². The summed E-state index contributed by atoms with van der Waals surface area (Å²) in [6, 6.07) is 12.4. The van der Waals surface area contributed by atoms with Gasteiger partial charge in [-0.05, 0) is 54.5 Å². The minimum Gasteiger partial charge on any atom is -0.496 e. The van der Waals surface area contributed by atoms with E-state index in [0.717, 1.165) is 33.7 Å². The topological polar surface area (TPSA) is 69.6 Å². The van der Waals surface area contributed by atoms with Gasteiger partial charge in [0, 0.05) is 34.1 Å². The van der Waals surface area contributed by atoms with Crippen molar-refractivity contribution in [1.82, 2.24) is 9.88 Å². The number of benzene rings is 2. The number of esters is 1. The Morgan fingerprint density at radius 2 is 1.89 bits per heavy atom. The van der Waals surface area contributed by atoms with E-state index < -0.39 is 5.97 Å². The lowest BCUT2D eigenvalue weighted by molar-refractivity contribution is 0.0600. The second-order valence-corrected chi connectivity index (χ2v) is 9.33. The Balaban J connectivity index is 1.47. The first-order valence-electron chi connectivity index (χ1n) is 11.3. The monoisotopic (exact) mass is 512 g/mol. The second kappa shape index (κ2) is 11.0. The molecule has 6 nitrogen and oxygen atoms in total. The zero-order chi connectivity index (χ0) is 24.9. The molecule has 0 saturated carbocycles. The minimum atomic E-state index is -0.402.